The SMILES string of the molecule is CC(C)(CO)CCCNc1ccc2nnc(C(C)(C)C)n2n1. The lowest BCUT2D eigenvalue weighted by molar-refractivity contribution is 0.149. The van der Waals surface area contributed by atoms with Crippen LogP contribution in [-0.2, 0) is 5.41 Å². The van der Waals surface area contributed by atoms with E-state index in [1.165, 1.54) is 0 Å². The quantitative estimate of drug-likeness (QED) is 0.802. The zero-order chi connectivity index (χ0) is 16.4. The van der Waals surface area contributed by atoms with Crippen LogP contribution in [0.2, 0.25) is 0 Å². The van der Waals surface area contributed by atoms with Gasteiger partial charge in [0.15, 0.2) is 11.5 Å². The summed E-state index contributed by atoms with van der Waals surface area (Å²) in [5.41, 5.74) is 0.639. The van der Waals surface area contributed by atoms with E-state index in [2.05, 4.69) is 55.2 Å². The molecule has 0 saturated carbocycles. The molecule has 0 unspecified atom stereocenters. The van der Waals surface area contributed by atoms with Crippen molar-refractivity contribution in [2.24, 2.45) is 5.41 Å². The summed E-state index contributed by atoms with van der Waals surface area (Å²) in [4.78, 5) is 0. The van der Waals surface area contributed by atoms with Crippen molar-refractivity contribution in [2.75, 3.05) is 18.5 Å². The average Bonchev–Trinajstić information content (AvgIpc) is 2.86. The molecule has 2 rings (SSSR count). The van der Waals surface area contributed by atoms with Crippen molar-refractivity contribution in [3.05, 3.63) is 18.0 Å². The van der Waals surface area contributed by atoms with Crippen LogP contribution < -0.4 is 5.32 Å². The number of fused-ring (bicyclic) bond motifs is 1. The molecule has 122 valence electrons. The Morgan fingerprint density at radius 1 is 1.14 bits per heavy atom. The second-order valence-electron chi connectivity index (χ2n) is 7.61. The number of nitrogens with zero attached hydrogens (tertiary/aromatic N) is 4. The van der Waals surface area contributed by atoms with E-state index in [1.807, 2.05) is 12.1 Å². The molecular formula is C16H27N5O. The fourth-order valence-electron chi connectivity index (χ4n) is 2.21. The van der Waals surface area contributed by atoms with Gasteiger partial charge in [-0.1, -0.05) is 34.6 Å². The van der Waals surface area contributed by atoms with Crippen molar-refractivity contribution in [3.63, 3.8) is 0 Å². The normalized spacial score (nSPS) is 12.8. The molecular weight excluding hydrogens is 278 g/mol. The number of rotatable bonds is 6. The first-order chi connectivity index (χ1) is 10.2. The van der Waals surface area contributed by atoms with Crippen LogP contribution in [0.5, 0.6) is 0 Å². The first-order valence-corrected chi connectivity index (χ1v) is 7.81. The smallest absolute Gasteiger partial charge is 0.178 e. The Labute approximate surface area is 132 Å². The van der Waals surface area contributed by atoms with Crippen molar-refractivity contribution in [2.45, 2.75) is 52.9 Å². The van der Waals surface area contributed by atoms with Gasteiger partial charge in [0.2, 0.25) is 0 Å². The van der Waals surface area contributed by atoms with Gasteiger partial charge >= 0.3 is 0 Å². The van der Waals surface area contributed by atoms with E-state index in [0.717, 1.165) is 36.7 Å². The Morgan fingerprint density at radius 3 is 2.50 bits per heavy atom. The number of hydrogen-bond acceptors (Lipinski definition) is 5. The first kappa shape index (κ1) is 16.7. The van der Waals surface area contributed by atoms with Gasteiger partial charge in [-0.2, -0.15) is 4.52 Å². The Hall–Kier alpha value is -1.69. The number of nitrogens with one attached hydrogen (secondary N) is 1. The van der Waals surface area contributed by atoms with Gasteiger partial charge in [-0.3, -0.25) is 0 Å². The summed E-state index contributed by atoms with van der Waals surface area (Å²) in [6.45, 7) is 11.5. The molecule has 0 aliphatic carbocycles. The maximum Gasteiger partial charge on any atom is 0.178 e. The third-order valence-electron chi connectivity index (χ3n) is 3.70. The number of hydrogen-bond donors (Lipinski definition) is 2. The maximum absolute atomic E-state index is 9.26. The minimum absolute atomic E-state index is 0.0211. The highest BCUT2D eigenvalue weighted by atomic mass is 16.3. The molecule has 2 aromatic rings. The number of aliphatic hydroxyl groups excluding tert-OH is 1. The summed E-state index contributed by atoms with van der Waals surface area (Å²) in [7, 11) is 0. The van der Waals surface area contributed by atoms with Crippen LogP contribution >= 0.6 is 0 Å². The highest BCUT2D eigenvalue weighted by Crippen LogP contribution is 2.22. The van der Waals surface area contributed by atoms with Gasteiger partial charge in [0.25, 0.3) is 0 Å². The van der Waals surface area contributed by atoms with E-state index >= 15 is 0 Å². The maximum atomic E-state index is 9.26. The summed E-state index contributed by atoms with van der Waals surface area (Å²) in [5.74, 6) is 1.67. The number of aromatic nitrogens is 4. The van der Waals surface area contributed by atoms with Crippen molar-refractivity contribution < 1.29 is 5.11 Å². The summed E-state index contributed by atoms with van der Waals surface area (Å²) < 4.78 is 1.81. The van der Waals surface area contributed by atoms with Gasteiger partial charge in [0, 0.05) is 18.6 Å². The van der Waals surface area contributed by atoms with Crippen molar-refractivity contribution >= 4 is 11.5 Å². The Kier molecular flexibility index (Phi) is 4.70. The molecule has 2 aromatic heterocycles. The topological polar surface area (TPSA) is 75.3 Å². The van der Waals surface area contributed by atoms with Gasteiger partial charge in [-0.25, -0.2) is 0 Å². The standard InChI is InChI=1S/C16H27N5O/c1-15(2,3)14-19-18-13-8-7-12(20-21(13)14)17-10-6-9-16(4,5)11-22/h7-8,22H,6,9-11H2,1-5H3,(H,17,20). The molecule has 0 aliphatic rings. The Bertz CT molecular complexity index is 627. The first-order valence-electron chi connectivity index (χ1n) is 7.81. The predicted molar refractivity (Wildman–Crippen MR) is 88.1 cm³/mol. The molecule has 2 N–H and O–H groups in total. The van der Waals surface area contributed by atoms with Gasteiger partial charge in [0.1, 0.15) is 5.82 Å². The summed E-state index contributed by atoms with van der Waals surface area (Å²) in [6, 6.07) is 3.85. The summed E-state index contributed by atoms with van der Waals surface area (Å²) >= 11 is 0. The molecule has 0 amide bonds. The van der Waals surface area contributed by atoms with Crippen molar-refractivity contribution in [3.8, 4) is 0 Å². The molecule has 0 atom stereocenters. The van der Waals surface area contributed by atoms with Gasteiger partial charge < -0.3 is 10.4 Å². The number of anilines is 1. The van der Waals surface area contributed by atoms with Crippen LogP contribution in [0.3, 0.4) is 0 Å². The van der Waals surface area contributed by atoms with E-state index in [1.54, 1.807) is 4.52 Å². The molecule has 0 radical (unpaired) electrons. The fourth-order valence-corrected chi connectivity index (χ4v) is 2.21. The van der Waals surface area contributed by atoms with Gasteiger partial charge in [-0.15, -0.1) is 15.3 Å². The largest absolute Gasteiger partial charge is 0.396 e. The minimum Gasteiger partial charge on any atom is -0.396 e. The fraction of sp³-hybridized carbons (Fsp3) is 0.688. The highest BCUT2D eigenvalue weighted by molar-refractivity contribution is 5.44. The molecule has 22 heavy (non-hydrogen) atoms. The van der Waals surface area contributed by atoms with Crippen LogP contribution in [0.15, 0.2) is 12.1 Å². The Morgan fingerprint density at radius 2 is 1.86 bits per heavy atom. The zero-order valence-electron chi connectivity index (χ0n) is 14.2. The number of aliphatic hydroxyl groups is 1. The van der Waals surface area contributed by atoms with E-state index in [4.69, 9.17) is 0 Å². The molecule has 6 nitrogen and oxygen atoms in total. The molecule has 0 saturated heterocycles. The van der Waals surface area contributed by atoms with E-state index in [0.29, 0.717) is 0 Å². The van der Waals surface area contributed by atoms with E-state index < -0.39 is 0 Å². The molecule has 6 heteroatoms. The summed E-state index contributed by atoms with van der Waals surface area (Å²) in [5, 5.41) is 25.6. The van der Waals surface area contributed by atoms with Crippen LogP contribution in [-0.4, -0.2) is 38.1 Å². The lowest BCUT2D eigenvalue weighted by atomic mass is 9.89. The minimum atomic E-state index is -0.101. The molecule has 0 bridgehead atoms. The molecule has 0 fully saturated rings. The molecule has 0 aromatic carbocycles. The predicted octanol–water partition coefficient (Wildman–Crippen LogP) is 2.63. The van der Waals surface area contributed by atoms with Crippen LogP contribution in [0, 0.1) is 5.41 Å². The van der Waals surface area contributed by atoms with Gasteiger partial charge in [0.05, 0.1) is 0 Å². The second kappa shape index (κ2) is 6.20. The average molecular weight is 305 g/mol. The molecule has 2 heterocycles. The van der Waals surface area contributed by atoms with Crippen LogP contribution in [0.4, 0.5) is 5.82 Å². The third-order valence-corrected chi connectivity index (χ3v) is 3.70. The van der Waals surface area contributed by atoms with Gasteiger partial charge in [-0.05, 0) is 30.4 Å². The molecule has 0 spiro atoms. The highest BCUT2D eigenvalue weighted by Gasteiger charge is 2.21. The van der Waals surface area contributed by atoms with E-state index in [9.17, 15) is 5.11 Å². The summed E-state index contributed by atoms with van der Waals surface area (Å²) in [6.07, 6.45) is 1.96. The third kappa shape index (κ3) is 3.94. The molecule has 0 aliphatic heterocycles. The van der Waals surface area contributed by atoms with Crippen LogP contribution in [0.25, 0.3) is 5.65 Å². The van der Waals surface area contributed by atoms with E-state index in [-0.39, 0.29) is 17.4 Å². The van der Waals surface area contributed by atoms with Crippen molar-refractivity contribution in [1.29, 1.82) is 0 Å². The zero-order valence-corrected chi connectivity index (χ0v) is 14.2. The lowest BCUT2D eigenvalue weighted by Gasteiger charge is -2.21. The Balaban J connectivity index is 2.04. The lowest BCUT2D eigenvalue weighted by Crippen LogP contribution is -2.19. The van der Waals surface area contributed by atoms with Crippen LogP contribution in [0.1, 0.15) is 53.3 Å². The van der Waals surface area contributed by atoms with Crippen molar-refractivity contribution in [1.82, 2.24) is 19.8 Å². The monoisotopic (exact) mass is 305 g/mol. The second-order valence-corrected chi connectivity index (χ2v) is 7.61.